The van der Waals surface area contributed by atoms with Crippen LogP contribution >= 0.6 is 11.8 Å². The number of sulfone groups is 1. The quantitative estimate of drug-likeness (QED) is 0.585. The molecule has 0 spiro atoms. The summed E-state index contributed by atoms with van der Waals surface area (Å²) in [6, 6.07) is 15.1. The molecule has 9 heteroatoms. The summed E-state index contributed by atoms with van der Waals surface area (Å²) in [4.78, 5) is 24.1. The average Bonchev–Trinajstić information content (AvgIpc) is 3.25. The van der Waals surface area contributed by atoms with Crippen LogP contribution in [0.2, 0.25) is 0 Å². The second-order valence-corrected chi connectivity index (χ2v) is 11.9. The van der Waals surface area contributed by atoms with Gasteiger partial charge in [-0.05, 0) is 35.7 Å². The lowest BCUT2D eigenvalue weighted by Crippen LogP contribution is -2.29. The Morgan fingerprint density at radius 1 is 1.16 bits per heavy atom. The largest absolute Gasteiger partial charge is 0.315 e. The van der Waals surface area contributed by atoms with E-state index in [0.717, 1.165) is 10.9 Å². The number of thioether (sulfide) groups is 1. The van der Waals surface area contributed by atoms with Gasteiger partial charge in [-0.2, -0.15) is 0 Å². The van der Waals surface area contributed by atoms with Crippen LogP contribution in [0.4, 0.5) is 5.69 Å². The van der Waals surface area contributed by atoms with Gasteiger partial charge >= 0.3 is 0 Å². The maximum absolute atomic E-state index is 12.6. The molecular weight excluding hydrogens is 444 g/mol. The van der Waals surface area contributed by atoms with Gasteiger partial charge in [0.05, 0.1) is 29.8 Å². The number of aliphatic imine (C=N–C) groups is 1. The highest BCUT2D eigenvalue weighted by molar-refractivity contribution is 8.15. The van der Waals surface area contributed by atoms with Crippen LogP contribution in [0.1, 0.15) is 31.0 Å². The molecule has 1 fully saturated rings. The maximum Gasteiger partial charge on any atom is 0.258 e. The number of aromatic nitrogens is 2. The molecular formula is C23H24N4O3S2. The lowest BCUT2D eigenvalue weighted by atomic mass is 10.0. The number of fused-ring (bicyclic) bond motifs is 2. The molecule has 0 radical (unpaired) electrons. The van der Waals surface area contributed by atoms with Crippen LogP contribution in [0, 0.1) is 0 Å². The van der Waals surface area contributed by atoms with E-state index in [9.17, 15) is 13.2 Å². The molecule has 3 aromatic rings. The van der Waals surface area contributed by atoms with Gasteiger partial charge in [0.1, 0.15) is 5.65 Å². The van der Waals surface area contributed by atoms with Crippen molar-refractivity contribution in [2.24, 2.45) is 4.99 Å². The molecule has 0 N–H and O–H groups in total. The van der Waals surface area contributed by atoms with E-state index in [-0.39, 0.29) is 28.4 Å². The molecule has 166 valence electrons. The first-order valence-corrected chi connectivity index (χ1v) is 13.3. The van der Waals surface area contributed by atoms with E-state index in [0.29, 0.717) is 23.8 Å². The fourth-order valence-corrected chi connectivity index (χ4v) is 7.91. The highest BCUT2D eigenvalue weighted by Gasteiger charge is 2.44. The molecule has 1 aromatic carbocycles. The zero-order valence-electron chi connectivity index (χ0n) is 17.9. The maximum atomic E-state index is 12.6. The number of hydrogen-bond acceptors (Lipinski definition) is 7. The van der Waals surface area contributed by atoms with Crippen molar-refractivity contribution in [1.29, 1.82) is 0 Å². The Hall–Kier alpha value is -2.65. The second kappa shape index (κ2) is 8.04. The molecule has 0 unspecified atom stereocenters. The van der Waals surface area contributed by atoms with Gasteiger partial charge < -0.3 is 4.90 Å². The lowest BCUT2D eigenvalue weighted by molar-refractivity contribution is 0.601. The standard InChI is InChI=1S/C23H24N4O3S2/c1-15(2)16-6-8-18(9-7-16)27(23-25-19-13-32(29,30)14-20(19)31-23)12-17-11-22(28)26-10-4-3-5-21(26)24-17/h3-11,15,19-20H,12-14H2,1-2H3/t19-,20+/m0/s1. The summed E-state index contributed by atoms with van der Waals surface area (Å²) in [6.45, 7) is 4.68. The number of nitrogens with zero attached hydrogens (tertiary/aromatic N) is 4. The Balaban J connectivity index is 1.52. The first-order chi connectivity index (χ1) is 15.3. The Labute approximate surface area is 191 Å². The van der Waals surface area contributed by atoms with Gasteiger partial charge in [-0.15, -0.1) is 0 Å². The third-order valence-corrected chi connectivity index (χ3v) is 9.10. The summed E-state index contributed by atoms with van der Waals surface area (Å²) < 4.78 is 25.5. The summed E-state index contributed by atoms with van der Waals surface area (Å²) in [6.07, 6.45) is 1.70. The van der Waals surface area contributed by atoms with Crippen LogP contribution in [0.25, 0.3) is 5.65 Å². The molecule has 2 aromatic heterocycles. The van der Waals surface area contributed by atoms with E-state index in [2.05, 4.69) is 43.1 Å². The van der Waals surface area contributed by atoms with Gasteiger partial charge in [-0.25, -0.2) is 13.4 Å². The van der Waals surface area contributed by atoms with Crippen molar-refractivity contribution < 1.29 is 8.42 Å². The summed E-state index contributed by atoms with van der Waals surface area (Å²) in [5.74, 6) is 0.678. The first kappa shape index (κ1) is 21.2. The SMILES string of the molecule is CC(C)c1ccc(N(Cc2cc(=O)n3ccccc3n2)C2=N[C@H]3CS(=O)(=O)C[C@H]3S2)cc1. The molecule has 0 aliphatic carbocycles. The predicted octanol–water partition coefficient (Wildman–Crippen LogP) is 3.09. The lowest BCUT2D eigenvalue weighted by Gasteiger charge is -2.25. The van der Waals surface area contributed by atoms with E-state index in [1.165, 1.54) is 21.7 Å². The minimum Gasteiger partial charge on any atom is -0.315 e. The Morgan fingerprint density at radius 3 is 2.66 bits per heavy atom. The minimum atomic E-state index is -3.03. The first-order valence-electron chi connectivity index (χ1n) is 10.6. The van der Waals surface area contributed by atoms with Crippen molar-refractivity contribution in [2.75, 3.05) is 16.4 Å². The van der Waals surface area contributed by atoms with E-state index in [1.807, 2.05) is 17.0 Å². The summed E-state index contributed by atoms with van der Waals surface area (Å²) in [7, 11) is -3.03. The molecule has 1 saturated heterocycles. The molecule has 32 heavy (non-hydrogen) atoms. The molecule has 7 nitrogen and oxygen atoms in total. The van der Waals surface area contributed by atoms with Crippen LogP contribution in [0.5, 0.6) is 0 Å². The van der Waals surface area contributed by atoms with Gasteiger partial charge in [0, 0.05) is 23.2 Å². The zero-order chi connectivity index (χ0) is 22.5. The fraction of sp³-hybridized carbons (Fsp3) is 0.348. The predicted molar refractivity (Wildman–Crippen MR) is 129 cm³/mol. The summed E-state index contributed by atoms with van der Waals surface area (Å²) >= 11 is 1.51. The van der Waals surface area contributed by atoms with E-state index in [1.54, 1.807) is 18.3 Å². The number of hydrogen-bond donors (Lipinski definition) is 0. The van der Waals surface area contributed by atoms with Gasteiger partial charge in [-0.1, -0.05) is 43.8 Å². The summed E-state index contributed by atoms with van der Waals surface area (Å²) in [5, 5.41) is 0.727. The van der Waals surface area contributed by atoms with E-state index in [4.69, 9.17) is 4.99 Å². The zero-order valence-corrected chi connectivity index (χ0v) is 19.5. The summed E-state index contributed by atoms with van der Waals surface area (Å²) in [5.41, 5.74) is 3.28. The number of benzene rings is 1. The van der Waals surface area contributed by atoms with Crippen LogP contribution in [0.15, 0.2) is 64.5 Å². The highest BCUT2D eigenvalue weighted by atomic mass is 32.2. The fourth-order valence-electron chi connectivity index (χ4n) is 4.13. The number of amidine groups is 1. The Morgan fingerprint density at radius 2 is 1.94 bits per heavy atom. The smallest absolute Gasteiger partial charge is 0.258 e. The Bertz CT molecular complexity index is 1360. The van der Waals surface area contributed by atoms with Crippen LogP contribution in [0.3, 0.4) is 0 Å². The minimum absolute atomic E-state index is 0.0531. The van der Waals surface area contributed by atoms with E-state index >= 15 is 0 Å². The van der Waals surface area contributed by atoms with Crippen LogP contribution in [-0.4, -0.2) is 45.8 Å². The molecule has 0 amide bonds. The number of rotatable bonds is 4. The van der Waals surface area contributed by atoms with Crippen molar-refractivity contribution in [3.63, 3.8) is 0 Å². The Kier molecular flexibility index (Phi) is 5.33. The van der Waals surface area contributed by atoms with Gasteiger partial charge in [0.25, 0.3) is 5.56 Å². The average molecular weight is 469 g/mol. The molecule has 0 saturated carbocycles. The van der Waals surface area contributed by atoms with Crippen molar-refractivity contribution >= 4 is 38.1 Å². The van der Waals surface area contributed by atoms with Crippen molar-refractivity contribution in [1.82, 2.24) is 9.38 Å². The molecule has 2 aliphatic heterocycles. The van der Waals surface area contributed by atoms with Gasteiger partial charge in [0.2, 0.25) is 0 Å². The van der Waals surface area contributed by atoms with Crippen LogP contribution < -0.4 is 10.5 Å². The van der Waals surface area contributed by atoms with Crippen molar-refractivity contribution in [3.8, 4) is 0 Å². The van der Waals surface area contributed by atoms with Crippen LogP contribution in [-0.2, 0) is 16.4 Å². The number of anilines is 1. The molecule has 2 aliphatic rings. The molecule has 0 bridgehead atoms. The third-order valence-electron chi connectivity index (χ3n) is 5.85. The van der Waals surface area contributed by atoms with Crippen molar-refractivity contribution in [3.05, 3.63) is 76.3 Å². The molecule has 4 heterocycles. The normalized spacial score (nSPS) is 21.7. The third kappa shape index (κ3) is 4.06. The molecule has 5 rings (SSSR count). The van der Waals surface area contributed by atoms with Gasteiger partial charge in [-0.3, -0.25) is 14.2 Å². The second-order valence-electron chi connectivity index (χ2n) is 8.56. The highest BCUT2D eigenvalue weighted by Crippen LogP contribution is 2.37. The van der Waals surface area contributed by atoms with Crippen molar-refractivity contribution in [2.45, 2.75) is 37.6 Å². The topological polar surface area (TPSA) is 84.1 Å². The monoisotopic (exact) mass is 468 g/mol. The molecule has 2 atom stereocenters. The van der Waals surface area contributed by atoms with Gasteiger partial charge in [0.15, 0.2) is 15.0 Å². The number of pyridine rings is 1. The van der Waals surface area contributed by atoms with E-state index < -0.39 is 9.84 Å².